The number of fused-ring (bicyclic) bond motifs is 2. The highest BCUT2D eigenvalue weighted by Crippen LogP contribution is 2.39. The predicted octanol–water partition coefficient (Wildman–Crippen LogP) is 6.26. The van der Waals surface area contributed by atoms with Gasteiger partial charge in [-0.1, -0.05) is 132 Å². The quantitative estimate of drug-likeness (QED) is 0.0929. The molecule has 0 atom stereocenters. The molecule has 14 nitrogen and oxygen atoms in total. The number of carbonyl (C=O) groups is 3. The van der Waals surface area contributed by atoms with Gasteiger partial charge in [0.05, 0.1) is 22.2 Å². The molecule has 14 heteroatoms. The number of hydrogen-bond acceptors (Lipinski definition) is 11. The number of aromatic nitrogens is 4. The van der Waals surface area contributed by atoms with Crippen LogP contribution in [0.2, 0.25) is 0 Å². The summed E-state index contributed by atoms with van der Waals surface area (Å²) in [4.78, 5) is 49.0. The summed E-state index contributed by atoms with van der Waals surface area (Å²) >= 11 is 0. The maximum absolute atomic E-state index is 13.8. The van der Waals surface area contributed by atoms with Crippen molar-refractivity contribution in [3.8, 4) is 34.0 Å². The first-order chi connectivity index (χ1) is 27.3. The Kier molecular flexibility index (Phi) is 9.34. The Morgan fingerprint density at radius 2 is 0.911 bits per heavy atom. The van der Waals surface area contributed by atoms with Gasteiger partial charge < -0.3 is 35.0 Å². The normalized spacial score (nSPS) is 11.2. The fourth-order valence-corrected chi connectivity index (χ4v) is 6.44. The highest BCUT2D eigenvalue weighted by atomic mass is 16.5. The first-order valence-corrected chi connectivity index (χ1v) is 17.3. The number of carboxylic acids is 1. The van der Waals surface area contributed by atoms with Gasteiger partial charge in [-0.25, -0.2) is 14.8 Å². The van der Waals surface area contributed by atoms with Crippen molar-refractivity contribution >= 4 is 39.7 Å². The molecule has 5 N–H and O–H groups in total. The van der Waals surface area contributed by atoms with E-state index in [0.29, 0.717) is 44.7 Å². The highest BCUT2D eigenvalue weighted by molar-refractivity contribution is 6.07. The van der Waals surface area contributed by atoms with Crippen molar-refractivity contribution in [1.29, 1.82) is 0 Å². The lowest BCUT2D eigenvalue weighted by atomic mass is 10.0. The molecule has 276 valence electrons. The van der Waals surface area contributed by atoms with E-state index in [4.69, 9.17) is 9.05 Å². The third kappa shape index (κ3) is 6.73. The zero-order valence-corrected chi connectivity index (χ0v) is 29.2. The van der Waals surface area contributed by atoms with Gasteiger partial charge in [-0.15, -0.1) is 0 Å². The van der Waals surface area contributed by atoms with Gasteiger partial charge in [0.25, 0.3) is 11.8 Å². The molecule has 0 fully saturated rings. The van der Waals surface area contributed by atoms with Crippen molar-refractivity contribution < 1.29 is 38.7 Å². The Balaban J connectivity index is 1.13. The third-order valence-corrected chi connectivity index (χ3v) is 9.08. The smallest absolute Gasteiger partial charge is 0.347 e. The second-order valence-corrected chi connectivity index (χ2v) is 12.8. The molecule has 2 amide bonds. The van der Waals surface area contributed by atoms with Crippen LogP contribution in [0.15, 0.2) is 130 Å². The van der Waals surface area contributed by atoms with Gasteiger partial charge in [0.2, 0.25) is 17.3 Å². The third-order valence-electron chi connectivity index (χ3n) is 9.08. The largest absolute Gasteiger partial charge is 0.503 e. The Morgan fingerprint density at radius 1 is 0.554 bits per heavy atom. The molecule has 56 heavy (non-hydrogen) atoms. The molecular weight excluding hydrogens is 716 g/mol. The Labute approximate surface area is 317 Å². The summed E-state index contributed by atoms with van der Waals surface area (Å²) in [6, 6.07) is 36.6. The standard InChI is InChI=1S/C42H30N6O8/c49-35-33(43-27(21-23-13-5-1-6-14-23)29-31(47-55-37(29)35)25-17-9-3-10-18-25)40(51)45-39(42(53)54)46-41(52)34-36(50)38-30(28(44-34)22-24-15-7-2-8-16-24)32(48-56-38)26-19-11-4-12-20-26/h1-20,39,49-50H,21-22H2,(H,45,51)(H,46,52)(H,53,54). The molecule has 0 unspecified atom stereocenters. The lowest BCUT2D eigenvalue weighted by Gasteiger charge is -2.17. The summed E-state index contributed by atoms with van der Waals surface area (Å²) in [6.07, 6.45) is -1.68. The van der Waals surface area contributed by atoms with Crippen LogP contribution >= 0.6 is 0 Å². The van der Waals surface area contributed by atoms with E-state index in [1.54, 1.807) is 24.3 Å². The molecule has 4 aromatic heterocycles. The van der Waals surface area contributed by atoms with Gasteiger partial charge in [0.15, 0.2) is 22.9 Å². The van der Waals surface area contributed by atoms with Gasteiger partial charge in [0, 0.05) is 24.0 Å². The SMILES string of the molecule is O=C(NC(NC(=O)c1nc(Cc2ccccc2)c2c(-c3ccccc3)noc2c1O)C(=O)O)c1nc(Cc2ccccc2)c2c(-c3ccccc3)noc2c1O. The Morgan fingerprint density at radius 3 is 1.27 bits per heavy atom. The van der Waals surface area contributed by atoms with E-state index in [0.717, 1.165) is 11.1 Å². The molecule has 0 saturated carbocycles. The molecule has 4 aromatic carbocycles. The molecule has 0 radical (unpaired) electrons. The van der Waals surface area contributed by atoms with Crippen LogP contribution in [-0.4, -0.2) is 59.6 Å². The van der Waals surface area contributed by atoms with Crippen molar-refractivity contribution in [2.24, 2.45) is 0 Å². The van der Waals surface area contributed by atoms with Crippen LogP contribution in [0.4, 0.5) is 0 Å². The minimum atomic E-state index is -2.08. The maximum atomic E-state index is 13.8. The number of amides is 2. The predicted molar refractivity (Wildman–Crippen MR) is 203 cm³/mol. The van der Waals surface area contributed by atoms with E-state index in [-0.39, 0.29) is 24.0 Å². The van der Waals surface area contributed by atoms with Crippen molar-refractivity contribution in [3.05, 3.63) is 155 Å². The first kappa shape index (κ1) is 35.2. The average Bonchev–Trinajstić information content (AvgIpc) is 3.88. The maximum Gasteiger partial charge on any atom is 0.347 e. The van der Waals surface area contributed by atoms with E-state index in [9.17, 15) is 29.7 Å². The van der Waals surface area contributed by atoms with Crippen LogP contribution < -0.4 is 10.6 Å². The summed E-state index contributed by atoms with van der Waals surface area (Å²) in [5, 5.41) is 46.2. The summed E-state index contributed by atoms with van der Waals surface area (Å²) in [5.74, 6) is -5.34. The molecule has 0 saturated heterocycles. The van der Waals surface area contributed by atoms with Crippen LogP contribution in [0.25, 0.3) is 44.5 Å². The van der Waals surface area contributed by atoms with Crippen LogP contribution in [0.5, 0.6) is 11.5 Å². The number of carbonyl (C=O) groups excluding carboxylic acids is 2. The van der Waals surface area contributed by atoms with Gasteiger partial charge in [-0.05, 0) is 11.1 Å². The van der Waals surface area contributed by atoms with Crippen molar-refractivity contribution in [1.82, 2.24) is 30.9 Å². The van der Waals surface area contributed by atoms with Gasteiger partial charge >= 0.3 is 5.97 Å². The number of nitrogens with zero attached hydrogens (tertiary/aromatic N) is 4. The van der Waals surface area contributed by atoms with Crippen LogP contribution in [-0.2, 0) is 17.6 Å². The minimum Gasteiger partial charge on any atom is -0.503 e. The summed E-state index contributed by atoms with van der Waals surface area (Å²) in [5.41, 5.74) is 3.01. The van der Waals surface area contributed by atoms with Crippen LogP contribution in [0, 0.1) is 0 Å². The monoisotopic (exact) mass is 746 g/mol. The number of pyridine rings is 2. The zero-order chi connectivity index (χ0) is 38.8. The van der Waals surface area contributed by atoms with Crippen molar-refractivity contribution in [3.63, 3.8) is 0 Å². The molecule has 8 rings (SSSR count). The van der Waals surface area contributed by atoms with E-state index >= 15 is 0 Å². The molecule has 8 aromatic rings. The summed E-state index contributed by atoms with van der Waals surface area (Å²) in [6.45, 7) is 0. The molecule has 4 heterocycles. The summed E-state index contributed by atoms with van der Waals surface area (Å²) in [7, 11) is 0. The van der Waals surface area contributed by atoms with E-state index in [2.05, 4.69) is 30.9 Å². The second kappa shape index (κ2) is 14.9. The highest BCUT2D eigenvalue weighted by Gasteiger charge is 2.32. The topological polar surface area (TPSA) is 214 Å². The molecule has 0 aliphatic carbocycles. The number of nitrogens with one attached hydrogen (secondary N) is 2. The molecular formula is C42H30N6O8. The number of rotatable bonds is 11. The number of benzene rings is 4. The lowest BCUT2D eigenvalue weighted by Crippen LogP contribution is -2.53. The first-order valence-electron chi connectivity index (χ1n) is 17.3. The fourth-order valence-electron chi connectivity index (χ4n) is 6.44. The van der Waals surface area contributed by atoms with Crippen molar-refractivity contribution in [2.75, 3.05) is 0 Å². The number of carboxylic acid groups (broad SMARTS) is 1. The van der Waals surface area contributed by atoms with Crippen molar-refractivity contribution in [2.45, 2.75) is 19.0 Å². The number of aliphatic carboxylic acids is 1. The van der Waals surface area contributed by atoms with Crippen LogP contribution in [0.3, 0.4) is 0 Å². The van der Waals surface area contributed by atoms with Gasteiger partial charge in [-0.3, -0.25) is 9.59 Å². The molecule has 0 spiro atoms. The van der Waals surface area contributed by atoms with E-state index in [1.165, 1.54) is 0 Å². The lowest BCUT2D eigenvalue weighted by molar-refractivity contribution is -0.139. The minimum absolute atomic E-state index is 0.138. The Bertz CT molecular complexity index is 2550. The zero-order valence-electron chi connectivity index (χ0n) is 29.2. The van der Waals surface area contributed by atoms with Crippen LogP contribution in [0.1, 0.15) is 43.5 Å². The second-order valence-electron chi connectivity index (χ2n) is 12.8. The molecule has 0 aliphatic heterocycles. The Hall–Kier alpha value is -7.87. The number of hydrogen-bond donors (Lipinski definition) is 5. The number of aromatic hydroxyl groups is 2. The molecule has 0 aliphatic rings. The molecule has 0 bridgehead atoms. The van der Waals surface area contributed by atoms with Gasteiger partial charge in [0.1, 0.15) is 11.4 Å². The summed E-state index contributed by atoms with van der Waals surface area (Å²) < 4.78 is 11.1. The van der Waals surface area contributed by atoms with E-state index in [1.807, 2.05) is 97.1 Å². The average molecular weight is 747 g/mol. The fraction of sp³-hybridized carbons (Fsp3) is 0.0714. The van der Waals surface area contributed by atoms with Gasteiger partial charge in [-0.2, -0.15) is 0 Å². The van der Waals surface area contributed by atoms with E-state index < -0.39 is 46.8 Å².